The van der Waals surface area contributed by atoms with Crippen molar-refractivity contribution in [1.82, 2.24) is 15.1 Å². The van der Waals surface area contributed by atoms with Crippen LogP contribution in [0, 0.1) is 29.1 Å². The highest BCUT2D eigenvalue weighted by Gasteiger charge is 2.39. The normalized spacial score (nSPS) is 19.2. The Morgan fingerprint density at radius 3 is 2.53 bits per heavy atom. The van der Waals surface area contributed by atoms with Gasteiger partial charge in [-0.1, -0.05) is 32.0 Å². The summed E-state index contributed by atoms with van der Waals surface area (Å²) < 4.78 is 0. The van der Waals surface area contributed by atoms with E-state index in [0.29, 0.717) is 11.4 Å². The maximum Gasteiger partial charge on any atom is 0.243 e. The van der Waals surface area contributed by atoms with Crippen molar-refractivity contribution in [2.75, 3.05) is 32.5 Å². The molecule has 1 heterocycles. The minimum absolute atomic E-state index is 0.0608. The predicted molar refractivity (Wildman–Crippen MR) is 122 cm³/mol. The van der Waals surface area contributed by atoms with E-state index in [1.807, 2.05) is 32.0 Å². The Kier molecular flexibility index (Phi) is 8.64. The number of likely N-dealkylation sites (tertiary alicyclic amines) is 1. The predicted octanol–water partition coefficient (Wildman–Crippen LogP) is 1.12. The lowest BCUT2D eigenvalue weighted by Crippen LogP contribution is -2.46. The van der Waals surface area contributed by atoms with E-state index in [4.69, 9.17) is 5.73 Å². The third-order valence-electron chi connectivity index (χ3n) is 5.53. The van der Waals surface area contributed by atoms with Crippen LogP contribution in [-0.2, 0) is 14.4 Å². The van der Waals surface area contributed by atoms with E-state index in [-0.39, 0.29) is 43.1 Å². The molecule has 1 aliphatic rings. The lowest BCUT2D eigenvalue weighted by atomic mass is 9.91. The van der Waals surface area contributed by atoms with Gasteiger partial charge in [0.15, 0.2) is 0 Å². The third-order valence-corrected chi connectivity index (χ3v) is 5.53. The number of benzene rings is 1. The van der Waals surface area contributed by atoms with Crippen LogP contribution in [0.25, 0.3) is 0 Å². The van der Waals surface area contributed by atoms with Gasteiger partial charge in [0.05, 0.1) is 24.4 Å². The number of nitrogens with two attached hydrogens (primary N) is 1. The molecule has 0 radical (unpaired) electrons. The number of nitriles is 1. The minimum Gasteiger partial charge on any atom is -0.400 e. The number of amides is 3. The Labute approximate surface area is 189 Å². The van der Waals surface area contributed by atoms with Crippen LogP contribution < -0.4 is 16.4 Å². The Hall–Kier alpha value is -3.54. The van der Waals surface area contributed by atoms with Crippen molar-refractivity contribution >= 4 is 23.4 Å². The fourth-order valence-corrected chi connectivity index (χ4v) is 3.87. The summed E-state index contributed by atoms with van der Waals surface area (Å²) in [4.78, 5) is 41.2. The zero-order valence-corrected chi connectivity index (χ0v) is 19.0. The molecular weight excluding hydrogens is 408 g/mol. The quantitative estimate of drug-likeness (QED) is 0.555. The molecule has 3 unspecified atom stereocenters. The van der Waals surface area contributed by atoms with Crippen LogP contribution in [0.2, 0.25) is 0 Å². The second-order valence-electron chi connectivity index (χ2n) is 8.33. The Morgan fingerprint density at radius 2 is 1.97 bits per heavy atom. The summed E-state index contributed by atoms with van der Waals surface area (Å²) in [7, 11) is 3.24. The minimum atomic E-state index is -0.715. The molecule has 1 aliphatic heterocycles. The second-order valence-corrected chi connectivity index (χ2v) is 8.33. The van der Waals surface area contributed by atoms with Gasteiger partial charge in [-0.15, -0.1) is 0 Å². The summed E-state index contributed by atoms with van der Waals surface area (Å²) in [5.41, 5.74) is 7.10. The number of anilines is 1. The van der Waals surface area contributed by atoms with Crippen LogP contribution in [0.3, 0.4) is 0 Å². The van der Waals surface area contributed by atoms with E-state index in [1.54, 1.807) is 32.4 Å². The maximum atomic E-state index is 13.0. The van der Waals surface area contributed by atoms with Gasteiger partial charge in [0, 0.05) is 38.2 Å². The average Bonchev–Trinajstić information content (AvgIpc) is 3.19. The van der Waals surface area contributed by atoms with Crippen LogP contribution in [0.15, 0.2) is 42.2 Å². The van der Waals surface area contributed by atoms with Crippen molar-refractivity contribution < 1.29 is 14.4 Å². The number of hydrogen-bond donors (Lipinski definition) is 3. The van der Waals surface area contributed by atoms with E-state index in [1.165, 1.54) is 9.80 Å². The van der Waals surface area contributed by atoms with Gasteiger partial charge in [0.1, 0.15) is 6.04 Å². The summed E-state index contributed by atoms with van der Waals surface area (Å²) in [6.45, 7) is 3.71. The van der Waals surface area contributed by atoms with Crippen LogP contribution in [0.5, 0.6) is 0 Å². The van der Waals surface area contributed by atoms with Gasteiger partial charge in [0.25, 0.3) is 0 Å². The summed E-state index contributed by atoms with van der Waals surface area (Å²) in [6.07, 6.45) is 1.82. The average molecular weight is 441 g/mol. The van der Waals surface area contributed by atoms with Crippen molar-refractivity contribution in [3.63, 3.8) is 0 Å². The SMILES string of the molecule is CN/C=C(\N)C(C(=O)N(C)CC(=O)N1CC(C(=O)Nc2ccccc2)CC1C#N)C(C)C. The number of carbonyl (C=O) groups is 3. The largest absolute Gasteiger partial charge is 0.400 e. The molecule has 4 N–H and O–H groups in total. The monoisotopic (exact) mass is 440 g/mol. The van der Waals surface area contributed by atoms with E-state index in [0.717, 1.165) is 0 Å². The smallest absolute Gasteiger partial charge is 0.243 e. The maximum absolute atomic E-state index is 13.0. The molecule has 3 atom stereocenters. The molecule has 1 saturated heterocycles. The van der Waals surface area contributed by atoms with E-state index in [2.05, 4.69) is 16.7 Å². The molecule has 2 rings (SSSR count). The Bertz CT molecular complexity index is 893. The highest BCUT2D eigenvalue weighted by Crippen LogP contribution is 2.25. The molecular formula is C23H32N6O3. The van der Waals surface area contributed by atoms with E-state index < -0.39 is 17.9 Å². The molecule has 172 valence electrons. The summed E-state index contributed by atoms with van der Waals surface area (Å²) in [5, 5.41) is 15.2. The Balaban J connectivity index is 2.04. The molecule has 0 bridgehead atoms. The molecule has 1 fully saturated rings. The van der Waals surface area contributed by atoms with Gasteiger partial charge in [0.2, 0.25) is 17.7 Å². The first-order chi connectivity index (χ1) is 15.2. The fraction of sp³-hybridized carbons (Fsp3) is 0.478. The van der Waals surface area contributed by atoms with E-state index in [9.17, 15) is 19.6 Å². The highest BCUT2D eigenvalue weighted by atomic mass is 16.2. The molecule has 0 saturated carbocycles. The van der Waals surface area contributed by atoms with Gasteiger partial charge in [-0.3, -0.25) is 14.4 Å². The lowest BCUT2D eigenvalue weighted by Gasteiger charge is -2.28. The van der Waals surface area contributed by atoms with Crippen LogP contribution in [0.4, 0.5) is 5.69 Å². The number of rotatable bonds is 8. The van der Waals surface area contributed by atoms with Gasteiger partial charge in [-0.05, 0) is 24.5 Å². The fourth-order valence-electron chi connectivity index (χ4n) is 3.87. The standard InChI is InChI=1S/C23H32N6O3/c1-15(2)21(19(25)12-26-3)23(32)28(4)14-20(30)29-13-16(10-18(29)11-24)22(31)27-17-8-6-5-7-9-17/h5-9,12,15-16,18,21,26H,10,13-14,25H2,1-4H3,(H,27,31)/b19-12-. The van der Waals surface area contributed by atoms with Crippen LogP contribution in [0.1, 0.15) is 20.3 Å². The molecule has 9 nitrogen and oxygen atoms in total. The summed E-state index contributed by atoms with van der Waals surface area (Å²) in [5.74, 6) is -2.02. The van der Waals surface area contributed by atoms with Gasteiger partial charge < -0.3 is 26.2 Å². The van der Waals surface area contributed by atoms with Crippen molar-refractivity contribution in [3.05, 3.63) is 42.2 Å². The van der Waals surface area contributed by atoms with Gasteiger partial charge in [-0.2, -0.15) is 5.26 Å². The first-order valence-corrected chi connectivity index (χ1v) is 10.6. The molecule has 1 aromatic rings. The summed E-state index contributed by atoms with van der Waals surface area (Å²) >= 11 is 0. The molecule has 9 heteroatoms. The topological polar surface area (TPSA) is 132 Å². The Morgan fingerprint density at radius 1 is 1.31 bits per heavy atom. The van der Waals surface area contributed by atoms with Gasteiger partial charge in [-0.25, -0.2) is 0 Å². The number of likely N-dealkylation sites (N-methyl/N-ethyl adjacent to an activating group) is 1. The first kappa shape index (κ1) is 24.7. The molecule has 32 heavy (non-hydrogen) atoms. The second kappa shape index (κ2) is 11.2. The third kappa shape index (κ3) is 6.00. The van der Waals surface area contributed by atoms with Crippen LogP contribution in [-0.4, -0.2) is 60.7 Å². The molecule has 3 amide bonds. The first-order valence-electron chi connectivity index (χ1n) is 10.6. The van der Waals surface area contributed by atoms with Gasteiger partial charge >= 0.3 is 0 Å². The van der Waals surface area contributed by atoms with Crippen molar-refractivity contribution in [1.29, 1.82) is 5.26 Å². The molecule has 1 aromatic carbocycles. The number of nitrogens with one attached hydrogen (secondary N) is 2. The summed E-state index contributed by atoms with van der Waals surface area (Å²) in [6, 6.07) is 10.4. The van der Waals surface area contributed by atoms with Crippen molar-refractivity contribution in [2.45, 2.75) is 26.3 Å². The number of carbonyl (C=O) groups excluding carboxylic acids is 3. The zero-order valence-electron chi connectivity index (χ0n) is 19.0. The van der Waals surface area contributed by atoms with Crippen molar-refractivity contribution in [2.24, 2.45) is 23.5 Å². The van der Waals surface area contributed by atoms with Crippen molar-refractivity contribution in [3.8, 4) is 6.07 Å². The van der Waals surface area contributed by atoms with Crippen LogP contribution >= 0.6 is 0 Å². The van der Waals surface area contributed by atoms with E-state index >= 15 is 0 Å². The number of hydrogen-bond acceptors (Lipinski definition) is 6. The molecule has 0 aromatic heterocycles. The molecule has 0 aliphatic carbocycles. The number of nitrogens with zero attached hydrogens (tertiary/aromatic N) is 3. The lowest BCUT2D eigenvalue weighted by molar-refractivity contribution is -0.142. The number of para-hydroxylation sites is 1. The zero-order chi connectivity index (χ0) is 23.8. The molecule has 0 spiro atoms. The highest BCUT2D eigenvalue weighted by molar-refractivity contribution is 5.94.